The molecule has 2 heterocycles. The van der Waals surface area contributed by atoms with Gasteiger partial charge in [0.25, 0.3) is 5.91 Å². The van der Waals surface area contributed by atoms with Gasteiger partial charge >= 0.3 is 0 Å². The summed E-state index contributed by atoms with van der Waals surface area (Å²) in [6.07, 6.45) is 2.80. The molecule has 28 heavy (non-hydrogen) atoms. The molecule has 0 radical (unpaired) electrons. The minimum absolute atomic E-state index is 0.0780. The van der Waals surface area contributed by atoms with Crippen molar-refractivity contribution in [1.29, 1.82) is 0 Å². The van der Waals surface area contributed by atoms with Gasteiger partial charge in [-0.1, -0.05) is 6.07 Å². The van der Waals surface area contributed by atoms with Gasteiger partial charge in [0.2, 0.25) is 5.91 Å². The molecule has 2 amide bonds. The maximum Gasteiger partial charge on any atom is 0.289 e. The molecular formula is C21H26N2O5. The average molecular weight is 386 g/mol. The van der Waals surface area contributed by atoms with Gasteiger partial charge in [0.1, 0.15) is 0 Å². The minimum Gasteiger partial charge on any atom is -0.493 e. The Morgan fingerprint density at radius 3 is 2.46 bits per heavy atom. The first-order valence-corrected chi connectivity index (χ1v) is 9.32. The Bertz CT molecular complexity index is 810. The summed E-state index contributed by atoms with van der Waals surface area (Å²) in [6, 6.07) is 9.01. The second kappa shape index (κ2) is 8.82. The lowest BCUT2D eigenvalue weighted by Crippen LogP contribution is -2.43. The molecular weight excluding hydrogens is 360 g/mol. The number of ether oxygens (including phenoxy) is 2. The molecule has 7 heteroatoms. The summed E-state index contributed by atoms with van der Waals surface area (Å²) in [4.78, 5) is 28.7. The van der Waals surface area contributed by atoms with Gasteiger partial charge in [0, 0.05) is 32.6 Å². The first-order chi connectivity index (χ1) is 13.5. The highest BCUT2D eigenvalue weighted by atomic mass is 16.5. The highest BCUT2D eigenvalue weighted by Gasteiger charge is 2.30. The topological polar surface area (TPSA) is 72.2 Å². The zero-order chi connectivity index (χ0) is 20.1. The Labute approximate surface area is 164 Å². The van der Waals surface area contributed by atoms with E-state index in [2.05, 4.69) is 0 Å². The van der Waals surface area contributed by atoms with Crippen molar-refractivity contribution >= 4 is 11.8 Å². The van der Waals surface area contributed by atoms with E-state index in [1.165, 1.54) is 6.26 Å². The van der Waals surface area contributed by atoms with E-state index in [4.69, 9.17) is 13.9 Å². The third-order valence-corrected chi connectivity index (χ3v) is 5.11. The average Bonchev–Trinajstić information content (AvgIpc) is 3.27. The Morgan fingerprint density at radius 1 is 1.14 bits per heavy atom. The van der Waals surface area contributed by atoms with Gasteiger partial charge in [-0.15, -0.1) is 0 Å². The number of hydrogen-bond acceptors (Lipinski definition) is 5. The maximum atomic E-state index is 12.8. The molecule has 150 valence electrons. The van der Waals surface area contributed by atoms with Crippen LogP contribution in [0.15, 0.2) is 41.0 Å². The molecule has 0 bridgehead atoms. The van der Waals surface area contributed by atoms with Crippen molar-refractivity contribution in [1.82, 2.24) is 9.80 Å². The highest BCUT2D eigenvalue weighted by Crippen LogP contribution is 2.28. The largest absolute Gasteiger partial charge is 0.493 e. The molecule has 1 saturated heterocycles. The molecule has 7 nitrogen and oxygen atoms in total. The number of carbonyl (C=O) groups excluding carboxylic acids is 2. The van der Waals surface area contributed by atoms with Crippen LogP contribution in [0.3, 0.4) is 0 Å². The molecule has 0 aliphatic carbocycles. The number of methoxy groups -OCH3 is 2. The second-order valence-electron chi connectivity index (χ2n) is 6.93. The molecule has 0 atom stereocenters. The number of likely N-dealkylation sites (tertiary alicyclic amines) is 1. The molecule has 1 aliphatic heterocycles. The second-order valence-corrected chi connectivity index (χ2v) is 6.93. The first-order valence-electron chi connectivity index (χ1n) is 9.32. The van der Waals surface area contributed by atoms with Gasteiger partial charge in [-0.2, -0.15) is 0 Å². The number of piperidine rings is 1. The van der Waals surface area contributed by atoms with Gasteiger partial charge < -0.3 is 23.7 Å². The van der Waals surface area contributed by atoms with Crippen molar-refractivity contribution in [2.24, 2.45) is 5.92 Å². The van der Waals surface area contributed by atoms with Gasteiger partial charge in [-0.05, 0) is 42.7 Å². The lowest BCUT2D eigenvalue weighted by molar-refractivity contribution is -0.136. The minimum atomic E-state index is -0.116. The summed E-state index contributed by atoms with van der Waals surface area (Å²) in [7, 11) is 4.99. The fourth-order valence-corrected chi connectivity index (χ4v) is 3.53. The first kappa shape index (κ1) is 19.8. The van der Waals surface area contributed by atoms with E-state index >= 15 is 0 Å². The van der Waals surface area contributed by atoms with Crippen molar-refractivity contribution in [3.05, 3.63) is 47.9 Å². The van der Waals surface area contributed by atoms with Crippen LogP contribution in [0.1, 0.15) is 29.0 Å². The van der Waals surface area contributed by atoms with Crippen LogP contribution in [0.5, 0.6) is 11.5 Å². The van der Waals surface area contributed by atoms with Gasteiger partial charge in [-0.25, -0.2) is 0 Å². The zero-order valence-corrected chi connectivity index (χ0v) is 16.5. The van der Waals surface area contributed by atoms with Crippen molar-refractivity contribution < 1.29 is 23.5 Å². The van der Waals surface area contributed by atoms with Crippen molar-refractivity contribution in [2.75, 3.05) is 34.4 Å². The van der Waals surface area contributed by atoms with Gasteiger partial charge in [0.15, 0.2) is 17.3 Å². The number of nitrogens with zero attached hydrogens (tertiary/aromatic N) is 2. The van der Waals surface area contributed by atoms with Crippen LogP contribution < -0.4 is 9.47 Å². The monoisotopic (exact) mass is 386 g/mol. The molecule has 1 aromatic heterocycles. The van der Waals surface area contributed by atoms with E-state index in [9.17, 15) is 9.59 Å². The highest BCUT2D eigenvalue weighted by molar-refractivity contribution is 5.91. The number of rotatable bonds is 6. The summed E-state index contributed by atoms with van der Waals surface area (Å²) in [5, 5.41) is 0. The predicted octanol–water partition coefficient (Wildman–Crippen LogP) is 2.81. The zero-order valence-electron chi connectivity index (χ0n) is 16.5. The Balaban J connectivity index is 1.55. The molecule has 1 aliphatic rings. The van der Waals surface area contributed by atoms with Crippen molar-refractivity contribution in [3.63, 3.8) is 0 Å². The molecule has 1 aromatic carbocycles. The van der Waals surface area contributed by atoms with E-state index in [-0.39, 0.29) is 17.7 Å². The summed E-state index contributed by atoms with van der Waals surface area (Å²) < 4.78 is 15.8. The maximum absolute atomic E-state index is 12.8. The quantitative estimate of drug-likeness (QED) is 0.763. The number of benzene rings is 1. The molecule has 0 spiro atoms. The SMILES string of the molecule is COc1ccc(CN(C)C(=O)C2CCN(C(=O)c3ccco3)CC2)cc1OC. The van der Waals surface area contributed by atoms with E-state index in [0.717, 1.165) is 5.56 Å². The van der Waals surface area contributed by atoms with E-state index < -0.39 is 0 Å². The van der Waals surface area contributed by atoms with Crippen molar-refractivity contribution in [2.45, 2.75) is 19.4 Å². The molecule has 0 saturated carbocycles. The van der Waals surface area contributed by atoms with Crippen LogP contribution in [0.25, 0.3) is 0 Å². The number of carbonyl (C=O) groups is 2. The van der Waals surface area contributed by atoms with Crippen LogP contribution in [0, 0.1) is 5.92 Å². The van der Waals surface area contributed by atoms with Gasteiger partial charge in [0.05, 0.1) is 20.5 Å². The lowest BCUT2D eigenvalue weighted by atomic mass is 9.95. The molecule has 2 aromatic rings. The van der Waals surface area contributed by atoms with E-state index in [1.54, 1.807) is 43.2 Å². The van der Waals surface area contributed by atoms with Gasteiger partial charge in [-0.3, -0.25) is 9.59 Å². The number of amides is 2. The number of furan rings is 1. The lowest BCUT2D eigenvalue weighted by Gasteiger charge is -2.32. The summed E-state index contributed by atoms with van der Waals surface area (Å²) >= 11 is 0. The third kappa shape index (κ3) is 4.30. The smallest absolute Gasteiger partial charge is 0.289 e. The van der Waals surface area contributed by atoms with Crippen LogP contribution in [0.2, 0.25) is 0 Å². The fourth-order valence-electron chi connectivity index (χ4n) is 3.53. The van der Waals surface area contributed by atoms with E-state index in [0.29, 0.717) is 49.7 Å². The van der Waals surface area contributed by atoms with Crippen LogP contribution >= 0.6 is 0 Å². The Morgan fingerprint density at radius 2 is 1.86 bits per heavy atom. The van der Waals surface area contributed by atoms with Crippen molar-refractivity contribution in [3.8, 4) is 11.5 Å². The molecule has 0 unspecified atom stereocenters. The Kier molecular flexibility index (Phi) is 6.23. The number of hydrogen-bond donors (Lipinski definition) is 0. The molecule has 1 fully saturated rings. The normalized spacial score (nSPS) is 14.6. The van der Waals surface area contributed by atoms with Crippen LogP contribution in [-0.4, -0.2) is 56.0 Å². The molecule has 0 N–H and O–H groups in total. The predicted molar refractivity (Wildman–Crippen MR) is 103 cm³/mol. The third-order valence-electron chi connectivity index (χ3n) is 5.11. The van der Waals surface area contributed by atoms with E-state index in [1.807, 2.05) is 18.2 Å². The summed E-state index contributed by atoms with van der Waals surface area (Å²) in [5.41, 5.74) is 0.971. The van der Waals surface area contributed by atoms with Crippen LogP contribution in [-0.2, 0) is 11.3 Å². The van der Waals surface area contributed by atoms with Crippen LogP contribution in [0.4, 0.5) is 0 Å². The summed E-state index contributed by atoms with van der Waals surface area (Å²) in [6.45, 7) is 1.60. The Hall–Kier alpha value is -2.96. The molecule has 3 rings (SSSR count). The fraction of sp³-hybridized carbons (Fsp3) is 0.429. The summed E-state index contributed by atoms with van der Waals surface area (Å²) in [5.74, 6) is 1.55. The standard InChI is InChI=1S/C21H26N2O5/c1-22(14-15-6-7-17(26-2)19(13-15)27-3)20(24)16-8-10-23(11-9-16)21(25)18-5-4-12-28-18/h4-7,12-13,16H,8-11,14H2,1-3H3.